The number of nitrogens with one attached hydrogen (secondary N) is 3. The first-order valence-electron chi connectivity index (χ1n) is 6.85. The Balaban J connectivity index is 2.11. The molecule has 0 aliphatic heterocycles. The van der Waals surface area contributed by atoms with Gasteiger partial charge in [0, 0.05) is 24.6 Å². The van der Waals surface area contributed by atoms with Crippen LogP contribution in [0.5, 0.6) is 0 Å². The number of H-pyrrole nitrogens is 1. The van der Waals surface area contributed by atoms with Crippen LogP contribution in [0.1, 0.15) is 24.7 Å². The molecule has 2 aromatic heterocycles. The van der Waals surface area contributed by atoms with E-state index in [1.807, 2.05) is 0 Å². The van der Waals surface area contributed by atoms with Gasteiger partial charge >= 0.3 is 0 Å². The standard InChI is InChI=1S/C14H20N4O2S/c1-3-6-15-9-12-8-13(10-17-12)21(19,20)18-14-5-4-7-16-11(14)2/h4-5,7-8,10,15,17-18H,3,6,9H2,1-2H3. The van der Waals surface area contributed by atoms with E-state index in [1.54, 1.807) is 31.3 Å². The van der Waals surface area contributed by atoms with Crippen LogP contribution >= 0.6 is 0 Å². The molecule has 0 spiro atoms. The molecule has 3 N–H and O–H groups in total. The van der Waals surface area contributed by atoms with Gasteiger partial charge in [0.2, 0.25) is 0 Å². The van der Waals surface area contributed by atoms with Crippen molar-refractivity contribution < 1.29 is 8.42 Å². The summed E-state index contributed by atoms with van der Waals surface area (Å²) in [5, 5.41) is 3.22. The monoisotopic (exact) mass is 308 g/mol. The lowest BCUT2D eigenvalue weighted by molar-refractivity contribution is 0.601. The second-order valence-electron chi connectivity index (χ2n) is 4.78. The van der Waals surface area contributed by atoms with E-state index in [-0.39, 0.29) is 4.90 Å². The van der Waals surface area contributed by atoms with Crippen molar-refractivity contribution in [1.29, 1.82) is 0 Å². The van der Waals surface area contributed by atoms with Crippen molar-refractivity contribution in [2.75, 3.05) is 11.3 Å². The summed E-state index contributed by atoms with van der Waals surface area (Å²) in [4.78, 5) is 7.26. The maximum atomic E-state index is 12.3. The lowest BCUT2D eigenvalue weighted by Crippen LogP contribution is -2.14. The molecule has 0 radical (unpaired) electrons. The van der Waals surface area contributed by atoms with Gasteiger partial charge in [0.25, 0.3) is 10.0 Å². The van der Waals surface area contributed by atoms with E-state index >= 15 is 0 Å². The van der Waals surface area contributed by atoms with Crippen LogP contribution in [-0.2, 0) is 16.6 Å². The third-order valence-electron chi connectivity index (χ3n) is 3.02. The smallest absolute Gasteiger partial charge is 0.263 e. The molecule has 0 saturated carbocycles. The Kier molecular flexibility index (Phi) is 4.98. The maximum absolute atomic E-state index is 12.3. The van der Waals surface area contributed by atoms with Crippen molar-refractivity contribution in [3.63, 3.8) is 0 Å². The van der Waals surface area contributed by atoms with E-state index in [2.05, 4.69) is 26.9 Å². The van der Waals surface area contributed by atoms with Crippen molar-refractivity contribution in [1.82, 2.24) is 15.3 Å². The van der Waals surface area contributed by atoms with E-state index in [9.17, 15) is 8.42 Å². The zero-order valence-electron chi connectivity index (χ0n) is 12.2. The molecule has 2 rings (SSSR count). The van der Waals surface area contributed by atoms with Gasteiger partial charge in [-0.2, -0.15) is 0 Å². The minimum atomic E-state index is -3.59. The molecule has 0 aliphatic rings. The highest BCUT2D eigenvalue weighted by Gasteiger charge is 2.17. The maximum Gasteiger partial charge on any atom is 0.263 e. The summed E-state index contributed by atoms with van der Waals surface area (Å²) < 4.78 is 27.2. The first kappa shape index (κ1) is 15.5. The largest absolute Gasteiger partial charge is 0.363 e. The summed E-state index contributed by atoms with van der Waals surface area (Å²) in [5.41, 5.74) is 1.97. The molecule has 2 aromatic rings. The number of rotatable bonds is 7. The Morgan fingerprint density at radius 2 is 2.19 bits per heavy atom. The van der Waals surface area contributed by atoms with Gasteiger partial charge in [-0.3, -0.25) is 9.71 Å². The van der Waals surface area contributed by atoms with Crippen molar-refractivity contribution >= 4 is 15.7 Å². The second-order valence-corrected chi connectivity index (χ2v) is 6.46. The lowest BCUT2D eigenvalue weighted by Gasteiger charge is -2.08. The molecular weight excluding hydrogens is 288 g/mol. The van der Waals surface area contributed by atoms with E-state index in [0.29, 0.717) is 17.9 Å². The molecule has 0 bridgehead atoms. The Morgan fingerprint density at radius 3 is 2.90 bits per heavy atom. The predicted octanol–water partition coefficient (Wildman–Crippen LogP) is 2.02. The van der Waals surface area contributed by atoms with Gasteiger partial charge in [-0.1, -0.05) is 6.92 Å². The fraction of sp³-hybridized carbons (Fsp3) is 0.357. The third-order valence-corrected chi connectivity index (χ3v) is 4.37. The molecule has 0 fully saturated rings. The molecule has 0 aliphatic carbocycles. The Hall–Kier alpha value is -1.86. The fourth-order valence-electron chi connectivity index (χ4n) is 1.87. The topological polar surface area (TPSA) is 86.9 Å². The number of hydrogen-bond acceptors (Lipinski definition) is 4. The molecule has 0 unspecified atom stereocenters. The number of hydrogen-bond donors (Lipinski definition) is 3. The molecule has 6 nitrogen and oxygen atoms in total. The average molecular weight is 308 g/mol. The number of aryl methyl sites for hydroxylation is 1. The molecule has 2 heterocycles. The zero-order chi connectivity index (χ0) is 15.3. The highest BCUT2D eigenvalue weighted by molar-refractivity contribution is 7.92. The van der Waals surface area contributed by atoms with Gasteiger partial charge in [-0.15, -0.1) is 0 Å². The van der Waals surface area contributed by atoms with Crippen molar-refractivity contribution in [3.8, 4) is 0 Å². The van der Waals surface area contributed by atoms with Crippen LogP contribution in [0.3, 0.4) is 0 Å². The number of aromatic nitrogens is 2. The predicted molar refractivity (Wildman–Crippen MR) is 82.6 cm³/mol. The van der Waals surface area contributed by atoms with Crippen LogP contribution in [0.2, 0.25) is 0 Å². The summed E-state index contributed by atoms with van der Waals surface area (Å²) >= 11 is 0. The summed E-state index contributed by atoms with van der Waals surface area (Å²) in [6, 6.07) is 5.02. The van der Waals surface area contributed by atoms with Crippen LogP contribution in [0.4, 0.5) is 5.69 Å². The first-order chi connectivity index (χ1) is 10.0. The third kappa shape index (κ3) is 4.05. The minimum Gasteiger partial charge on any atom is -0.363 e. The molecule has 0 aromatic carbocycles. The molecule has 0 amide bonds. The van der Waals surface area contributed by atoms with Crippen LogP contribution in [0, 0.1) is 6.92 Å². The van der Waals surface area contributed by atoms with Crippen molar-refractivity contribution in [3.05, 3.63) is 42.0 Å². The van der Waals surface area contributed by atoms with E-state index in [4.69, 9.17) is 0 Å². The SMILES string of the molecule is CCCNCc1cc(S(=O)(=O)Nc2cccnc2C)c[nH]1. The number of anilines is 1. The van der Waals surface area contributed by atoms with Crippen LogP contribution in [0.15, 0.2) is 35.5 Å². The number of pyridine rings is 1. The average Bonchev–Trinajstić information content (AvgIpc) is 2.91. The highest BCUT2D eigenvalue weighted by atomic mass is 32.2. The van der Waals surface area contributed by atoms with E-state index in [0.717, 1.165) is 18.7 Å². The molecule has 114 valence electrons. The van der Waals surface area contributed by atoms with Crippen LogP contribution < -0.4 is 10.0 Å². The van der Waals surface area contributed by atoms with Gasteiger partial charge in [-0.05, 0) is 38.1 Å². The normalized spacial score (nSPS) is 11.5. The number of nitrogens with zero attached hydrogens (tertiary/aromatic N) is 1. The van der Waals surface area contributed by atoms with Crippen LogP contribution in [0.25, 0.3) is 0 Å². The van der Waals surface area contributed by atoms with Gasteiger partial charge < -0.3 is 10.3 Å². The summed E-state index contributed by atoms with van der Waals surface area (Å²) in [7, 11) is -3.59. The van der Waals surface area contributed by atoms with Gasteiger partial charge in [0.15, 0.2) is 0 Å². The molecule has 0 atom stereocenters. The zero-order valence-corrected chi connectivity index (χ0v) is 13.0. The quantitative estimate of drug-likeness (QED) is 0.683. The highest BCUT2D eigenvalue weighted by Crippen LogP contribution is 2.18. The Bertz CT molecular complexity index is 695. The summed E-state index contributed by atoms with van der Waals surface area (Å²) in [5.74, 6) is 0. The Morgan fingerprint density at radius 1 is 1.38 bits per heavy atom. The molecule has 21 heavy (non-hydrogen) atoms. The first-order valence-corrected chi connectivity index (χ1v) is 8.33. The van der Waals surface area contributed by atoms with Crippen molar-refractivity contribution in [2.24, 2.45) is 0 Å². The molecule has 7 heteroatoms. The second kappa shape index (κ2) is 6.73. The van der Waals surface area contributed by atoms with Crippen LogP contribution in [-0.4, -0.2) is 24.9 Å². The number of aromatic amines is 1. The van der Waals surface area contributed by atoms with E-state index < -0.39 is 10.0 Å². The summed E-state index contributed by atoms with van der Waals surface area (Å²) in [6.45, 7) is 5.36. The Labute approximate surface area is 125 Å². The van der Waals surface area contributed by atoms with Gasteiger partial charge in [0.05, 0.1) is 11.4 Å². The summed E-state index contributed by atoms with van der Waals surface area (Å²) in [6.07, 6.45) is 4.16. The van der Waals surface area contributed by atoms with Gasteiger partial charge in [0.1, 0.15) is 4.90 Å². The minimum absolute atomic E-state index is 0.221. The number of sulfonamides is 1. The molecule has 0 saturated heterocycles. The van der Waals surface area contributed by atoms with E-state index in [1.165, 1.54) is 6.20 Å². The molecular formula is C14H20N4O2S. The fourth-order valence-corrected chi connectivity index (χ4v) is 3.01. The lowest BCUT2D eigenvalue weighted by atomic mass is 10.3. The van der Waals surface area contributed by atoms with Crippen molar-refractivity contribution in [2.45, 2.75) is 31.7 Å². The van der Waals surface area contributed by atoms with Gasteiger partial charge in [-0.25, -0.2) is 8.42 Å².